The second-order valence-corrected chi connectivity index (χ2v) is 10.2. The molecule has 1 aliphatic heterocycles. The van der Waals surface area contributed by atoms with Crippen LogP contribution in [0, 0.1) is 5.82 Å². The van der Waals surface area contributed by atoms with Crippen LogP contribution in [-0.4, -0.2) is 32.7 Å². The van der Waals surface area contributed by atoms with E-state index in [1.54, 1.807) is 6.07 Å². The van der Waals surface area contributed by atoms with Crippen molar-refractivity contribution in [1.29, 1.82) is 0 Å². The van der Waals surface area contributed by atoms with E-state index < -0.39 is 15.8 Å². The summed E-state index contributed by atoms with van der Waals surface area (Å²) in [5, 5.41) is 3.10. The van der Waals surface area contributed by atoms with Crippen molar-refractivity contribution in [3.63, 3.8) is 0 Å². The lowest BCUT2D eigenvalue weighted by Crippen LogP contribution is -2.44. The van der Waals surface area contributed by atoms with E-state index in [-0.39, 0.29) is 42.6 Å². The lowest BCUT2D eigenvalue weighted by Gasteiger charge is -2.41. The molecule has 0 spiro atoms. The molecular weight excluding hydrogens is 431 g/mol. The molecule has 1 heterocycles. The Hall–Kier alpha value is -2.61. The molecule has 1 atom stereocenters. The maximum atomic E-state index is 14.1. The molecule has 0 bridgehead atoms. The van der Waals surface area contributed by atoms with Gasteiger partial charge in [0.15, 0.2) is 0 Å². The molecule has 0 saturated heterocycles. The van der Waals surface area contributed by atoms with Gasteiger partial charge in [-0.25, -0.2) is 12.8 Å². The van der Waals surface area contributed by atoms with Gasteiger partial charge in [0.2, 0.25) is 15.9 Å². The highest BCUT2D eigenvalue weighted by atomic mass is 32.2. The molecule has 2 aromatic rings. The summed E-state index contributed by atoms with van der Waals surface area (Å²) >= 11 is 0. The number of nitrogens with one attached hydrogen (secondary N) is 1. The normalized spacial score (nSPS) is 17.2. The van der Waals surface area contributed by atoms with Crippen LogP contribution < -0.4 is 14.4 Å². The fourth-order valence-electron chi connectivity index (χ4n) is 4.20. The van der Waals surface area contributed by atoms with Crippen molar-refractivity contribution < 1.29 is 22.3 Å². The standard InChI is InChI=1S/C24H31FN2O4S/c1-4-24(5-2)17-20(18-11-6-9-14-22(18)31-24)26-23(28)15-10-16-27(32(3,29)30)21-13-8-7-12-19(21)25/h6-9,11-14,20H,4-5,10,15-17H2,1-3H3,(H,26,28)/t20-/m1/s1. The molecule has 1 amide bonds. The summed E-state index contributed by atoms with van der Waals surface area (Å²) in [7, 11) is -3.68. The van der Waals surface area contributed by atoms with Crippen molar-refractivity contribution in [3.8, 4) is 5.75 Å². The van der Waals surface area contributed by atoms with E-state index in [4.69, 9.17) is 4.74 Å². The number of hydrogen-bond acceptors (Lipinski definition) is 4. The number of benzene rings is 2. The van der Waals surface area contributed by atoms with Gasteiger partial charge in [-0.3, -0.25) is 9.10 Å². The van der Waals surface area contributed by atoms with E-state index in [1.165, 1.54) is 18.2 Å². The quantitative estimate of drug-likeness (QED) is 0.592. The monoisotopic (exact) mass is 462 g/mol. The first kappa shape index (κ1) is 24.0. The Morgan fingerprint density at radius 3 is 2.47 bits per heavy atom. The molecule has 0 unspecified atom stereocenters. The third-order valence-electron chi connectivity index (χ3n) is 6.11. The first-order valence-corrected chi connectivity index (χ1v) is 12.8. The van der Waals surface area contributed by atoms with Crippen LogP contribution in [0.3, 0.4) is 0 Å². The van der Waals surface area contributed by atoms with Gasteiger partial charge in [0, 0.05) is 24.9 Å². The summed E-state index contributed by atoms with van der Waals surface area (Å²) in [6.07, 6.45) is 3.77. The first-order chi connectivity index (χ1) is 15.2. The molecule has 2 aromatic carbocycles. The minimum Gasteiger partial charge on any atom is -0.487 e. The predicted molar refractivity (Wildman–Crippen MR) is 124 cm³/mol. The fourth-order valence-corrected chi connectivity index (χ4v) is 5.16. The Kier molecular flexibility index (Phi) is 7.44. The average Bonchev–Trinajstić information content (AvgIpc) is 2.76. The number of carbonyl (C=O) groups is 1. The summed E-state index contributed by atoms with van der Waals surface area (Å²) in [4.78, 5) is 12.7. The van der Waals surface area contributed by atoms with Gasteiger partial charge in [-0.05, 0) is 37.5 Å². The third kappa shape index (κ3) is 5.41. The number of anilines is 1. The molecule has 3 rings (SSSR count). The molecule has 6 nitrogen and oxygen atoms in total. The highest BCUT2D eigenvalue weighted by Gasteiger charge is 2.38. The van der Waals surface area contributed by atoms with Crippen molar-refractivity contribution in [2.24, 2.45) is 0 Å². The third-order valence-corrected chi connectivity index (χ3v) is 7.29. The van der Waals surface area contributed by atoms with Crippen LogP contribution in [0.25, 0.3) is 0 Å². The van der Waals surface area contributed by atoms with Crippen molar-refractivity contribution >= 4 is 21.6 Å². The number of para-hydroxylation sites is 2. The molecule has 174 valence electrons. The van der Waals surface area contributed by atoms with Crippen LogP contribution in [-0.2, 0) is 14.8 Å². The summed E-state index contributed by atoms with van der Waals surface area (Å²) < 4.78 is 45.8. The van der Waals surface area contributed by atoms with E-state index in [9.17, 15) is 17.6 Å². The highest BCUT2D eigenvalue weighted by molar-refractivity contribution is 7.92. The highest BCUT2D eigenvalue weighted by Crippen LogP contribution is 2.42. The minimum absolute atomic E-state index is 0.00978. The molecule has 8 heteroatoms. The van der Waals surface area contributed by atoms with Crippen molar-refractivity contribution in [2.45, 2.75) is 57.6 Å². The Morgan fingerprint density at radius 2 is 1.81 bits per heavy atom. The molecule has 32 heavy (non-hydrogen) atoms. The first-order valence-electron chi connectivity index (χ1n) is 11.0. The molecule has 1 aliphatic rings. The molecule has 0 radical (unpaired) electrons. The summed E-state index contributed by atoms with van der Waals surface area (Å²) in [5.74, 6) is 0.00186. The number of hydrogen-bond donors (Lipinski definition) is 1. The number of nitrogens with zero attached hydrogens (tertiary/aromatic N) is 1. The van der Waals surface area contributed by atoms with Crippen LogP contribution in [0.1, 0.15) is 57.6 Å². The van der Waals surface area contributed by atoms with Crippen LogP contribution in [0.15, 0.2) is 48.5 Å². The molecular formula is C24H31FN2O4S. The number of sulfonamides is 1. The van der Waals surface area contributed by atoms with E-state index in [0.29, 0.717) is 6.42 Å². The number of rotatable bonds is 9. The van der Waals surface area contributed by atoms with Gasteiger partial charge >= 0.3 is 0 Å². The summed E-state index contributed by atoms with van der Waals surface area (Å²) in [6.45, 7) is 4.18. The lowest BCUT2D eigenvalue weighted by molar-refractivity contribution is -0.122. The van der Waals surface area contributed by atoms with Crippen molar-refractivity contribution in [3.05, 3.63) is 59.9 Å². The largest absolute Gasteiger partial charge is 0.487 e. The Bertz CT molecular complexity index is 1050. The minimum atomic E-state index is -3.68. The van der Waals surface area contributed by atoms with Gasteiger partial charge in [0.05, 0.1) is 18.0 Å². The Balaban J connectivity index is 1.67. The van der Waals surface area contributed by atoms with Gasteiger partial charge in [-0.15, -0.1) is 0 Å². The maximum absolute atomic E-state index is 14.1. The summed E-state index contributed by atoms with van der Waals surface area (Å²) in [5.41, 5.74) is 0.608. The van der Waals surface area contributed by atoms with E-state index in [1.807, 2.05) is 24.3 Å². The Labute approximate surface area is 189 Å². The van der Waals surface area contributed by atoms with Gasteiger partial charge in [0.25, 0.3) is 0 Å². The second-order valence-electron chi connectivity index (χ2n) is 8.24. The van der Waals surface area contributed by atoms with Crippen molar-refractivity contribution in [1.82, 2.24) is 5.32 Å². The molecule has 1 N–H and O–H groups in total. The molecule has 0 aromatic heterocycles. The van der Waals surface area contributed by atoms with Crippen molar-refractivity contribution in [2.75, 3.05) is 17.1 Å². The SMILES string of the molecule is CCC1(CC)C[C@@H](NC(=O)CCCN(c2ccccc2F)S(C)(=O)=O)c2ccccc2O1. The van der Waals surface area contributed by atoms with Crippen LogP contribution in [0.5, 0.6) is 5.75 Å². The fraction of sp³-hybridized carbons (Fsp3) is 0.458. The van der Waals surface area contributed by atoms with Gasteiger partial charge < -0.3 is 10.1 Å². The average molecular weight is 463 g/mol. The zero-order chi connectivity index (χ0) is 23.4. The Morgan fingerprint density at radius 1 is 1.16 bits per heavy atom. The molecule has 0 aliphatic carbocycles. The van der Waals surface area contributed by atoms with Gasteiger partial charge in [-0.2, -0.15) is 0 Å². The topological polar surface area (TPSA) is 75.7 Å². The van der Waals surface area contributed by atoms with E-state index >= 15 is 0 Å². The zero-order valence-corrected chi connectivity index (χ0v) is 19.6. The number of halogens is 1. The molecule has 0 fully saturated rings. The van der Waals surface area contributed by atoms with Gasteiger partial charge in [-0.1, -0.05) is 44.2 Å². The lowest BCUT2D eigenvalue weighted by atomic mass is 9.83. The number of fused-ring (bicyclic) bond motifs is 1. The van der Waals surface area contributed by atoms with Crippen LogP contribution >= 0.6 is 0 Å². The predicted octanol–water partition coefficient (Wildman–Crippen LogP) is 4.57. The molecule has 0 saturated carbocycles. The van der Waals surface area contributed by atoms with E-state index in [0.717, 1.165) is 34.7 Å². The number of amides is 1. The second kappa shape index (κ2) is 9.90. The smallest absolute Gasteiger partial charge is 0.232 e. The maximum Gasteiger partial charge on any atom is 0.232 e. The number of carbonyl (C=O) groups excluding carboxylic acids is 1. The van der Waals surface area contributed by atoms with Gasteiger partial charge in [0.1, 0.15) is 17.2 Å². The zero-order valence-electron chi connectivity index (χ0n) is 18.8. The van der Waals surface area contributed by atoms with Crippen LogP contribution in [0.2, 0.25) is 0 Å². The number of ether oxygens (including phenoxy) is 1. The summed E-state index contributed by atoms with van der Waals surface area (Å²) in [6, 6.07) is 13.3. The van der Waals surface area contributed by atoms with E-state index in [2.05, 4.69) is 19.2 Å². The van der Waals surface area contributed by atoms with Crippen LogP contribution in [0.4, 0.5) is 10.1 Å².